The summed E-state index contributed by atoms with van der Waals surface area (Å²) in [5.41, 5.74) is 3.93. The number of para-hydroxylation sites is 1. The van der Waals surface area contributed by atoms with Crippen LogP contribution in [0.3, 0.4) is 0 Å². The number of imide groups is 1. The van der Waals surface area contributed by atoms with Crippen LogP contribution in [0.5, 0.6) is 0 Å². The van der Waals surface area contributed by atoms with E-state index in [1.54, 1.807) is 0 Å². The highest BCUT2D eigenvalue weighted by molar-refractivity contribution is 6.08. The van der Waals surface area contributed by atoms with Gasteiger partial charge in [-0.25, -0.2) is 4.79 Å². The number of nitrogens with zero attached hydrogens (tertiary/aromatic N) is 3. The SMILES string of the molecule is CN(CC(=O)NN1C(=O)NC2(CCCCC2)C1=O)Cc1ccccc1N1CCOCC1. The number of hydrazine groups is 1. The smallest absolute Gasteiger partial charge is 0.344 e. The predicted molar refractivity (Wildman–Crippen MR) is 115 cm³/mol. The molecular weight excluding hydrogens is 398 g/mol. The van der Waals surface area contributed by atoms with E-state index in [0.29, 0.717) is 32.6 Å². The molecule has 31 heavy (non-hydrogen) atoms. The van der Waals surface area contributed by atoms with E-state index in [-0.39, 0.29) is 18.4 Å². The summed E-state index contributed by atoms with van der Waals surface area (Å²) in [6.07, 6.45) is 4.12. The van der Waals surface area contributed by atoms with Crippen LogP contribution >= 0.6 is 0 Å². The molecule has 0 bridgehead atoms. The van der Waals surface area contributed by atoms with Crippen molar-refractivity contribution in [2.45, 2.75) is 44.2 Å². The van der Waals surface area contributed by atoms with Crippen molar-refractivity contribution in [1.29, 1.82) is 0 Å². The zero-order chi connectivity index (χ0) is 21.8. The average molecular weight is 430 g/mol. The largest absolute Gasteiger partial charge is 0.378 e. The molecule has 4 amide bonds. The second kappa shape index (κ2) is 9.23. The maximum atomic E-state index is 12.8. The number of carbonyl (C=O) groups is 3. The number of anilines is 1. The van der Waals surface area contributed by atoms with E-state index >= 15 is 0 Å². The van der Waals surface area contributed by atoms with Crippen LogP contribution in [0.4, 0.5) is 10.5 Å². The lowest BCUT2D eigenvalue weighted by Gasteiger charge is -2.31. The number of carbonyl (C=O) groups excluding carboxylic acids is 3. The molecule has 0 atom stereocenters. The van der Waals surface area contributed by atoms with Crippen molar-refractivity contribution in [1.82, 2.24) is 20.7 Å². The Morgan fingerprint density at radius 3 is 2.61 bits per heavy atom. The fraction of sp³-hybridized carbons (Fsp3) is 0.591. The molecule has 2 heterocycles. The van der Waals surface area contributed by atoms with Gasteiger partial charge in [0.1, 0.15) is 5.54 Å². The van der Waals surface area contributed by atoms with Crippen molar-refractivity contribution in [3.8, 4) is 0 Å². The van der Waals surface area contributed by atoms with Crippen molar-refractivity contribution in [2.75, 3.05) is 44.8 Å². The molecule has 9 heteroatoms. The maximum absolute atomic E-state index is 12.8. The van der Waals surface area contributed by atoms with Crippen LogP contribution in [0.15, 0.2) is 24.3 Å². The Balaban J connectivity index is 1.34. The second-order valence-electron chi connectivity index (χ2n) is 8.65. The van der Waals surface area contributed by atoms with Crippen LogP contribution in [0, 0.1) is 0 Å². The van der Waals surface area contributed by atoms with E-state index in [1.807, 2.05) is 24.1 Å². The lowest BCUT2D eigenvalue weighted by Crippen LogP contribution is -2.52. The van der Waals surface area contributed by atoms with Gasteiger partial charge in [0.15, 0.2) is 0 Å². The third-order valence-corrected chi connectivity index (χ3v) is 6.30. The average Bonchev–Trinajstić information content (AvgIpc) is 2.99. The molecule has 0 radical (unpaired) electrons. The van der Waals surface area contributed by atoms with Crippen LogP contribution in [0.2, 0.25) is 0 Å². The number of rotatable bonds is 6. The molecule has 2 aliphatic heterocycles. The minimum absolute atomic E-state index is 0.0709. The first-order chi connectivity index (χ1) is 15.0. The van der Waals surface area contributed by atoms with Crippen LogP contribution in [-0.2, 0) is 20.9 Å². The number of ether oxygens (including phenoxy) is 1. The standard InChI is InChI=1S/C22H31N5O4/c1-25(15-17-7-3-4-8-18(17)26-11-13-31-14-12-26)16-19(28)24-27-20(29)22(23-21(27)30)9-5-2-6-10-22/h3-4,7-8H,2,5-6,9-16H2,1H3,(H,23,30)(H,24,28). The van der Waals surface area contributed by atoms with Crippen molar-refractivity contribution < 1.29 is 19.1 Å². The van der Waals surface area contributed by atoms with Gasteiger partial charge in [0, 0.05) is 25.3 Å². The van der Waals surface area contributed by atoms with E-state index < -0.39 is 11.6 Å². The minimum atomic E-state index is -0.842. The van der Waals surface area contributed by atoms with Gasteiger partial charge in [-0.2, -0.15) is 5.01 Å². The van der Waals surface area contributed by atoms with Crippen LogP contribution in [0.1, 0.15) is 37.7 Å². The van der Waals surface area contributed by atoms with E-state index in [2.05, 4.69) is 27.8 Å². The number of likely N-dealkylation sites (N-methyl/N-ethyl adjacent to an activating group) is 1. The molecule has 1 saturated carbocycles. The Bertz CT molecular complexity index is 833. The van der Waals surface area contributed by atoms with Crippen LogP contribution < -0.4 is 15.6 Å². The molecule has 9 nitrogen and oxygen atoms in total. The van der Waals surface area contributed by atoms with Gasteiger partial charge in [0.25, 0.3) is 11.8 Å². The molecular formula is C22H31N5O4. The molecule has 1 aromatic carbocycles. The Morgan fingerprint density at radius 2 is 1.87 bits per heavy atom. The van der Waals surface area contributed by atoms with Crippen molar-refractivity contribution in [3.63, 3.8) is 0 Å². The molecule has 3 aliphatic rings. The summed E-state index contributed by atoms with van der Waals surface area (Å²) in [4.78, 5) is 41.9. The van der Waals surface area contributed by atoms with Gasteiger partial charge in [-0.1, -0.05) is 37.5 Å². The number of hydrogen-bond donors (Lipinski definition) is 2. The van der Waals surface area contributed by atoms with E-state index in [0.717, 1.165) is 48.6 Å². The molecule has 3 fully saturated rings. The normalized spacial score (nSPS) is 21.0. The lowest BCUT2D eigenvalue weighted by atomic mass is 9.82. The number of benzene rings is 1. The Morgan fingerprint density at radius 1 is 1.16 bits per heavy atom. The quantitative estimate of drug-likeness (QED) is 0.661. The first kappa shape index (κ1) is 21.6. The van der Waals surface area contributed by atoms with Gasteiger partial charge in [-0.3, -0.25) is 19.9 Å². The Kier molecular flexibility index (Phi) is 6.43. The monoisotopic (exact) mass is 429 g/mol. The Hall–Kier alpha value is -2.65. The molecule has 0 aromatic heterocycles. The van der Waals surface area contributed by atoms with Gasteiger partial charge in [0.05, 0.1) is 19.8 Å². The summed E-state index contributed by atoms with van der Waals surface area (Å²) >= 11 is 0. The summed E-state index contributed by atoms with van der Waals surface area (Å²) < 4.78 is 5.45. The summed E-state index contributed by atoms with van der Waals surface area (Å²) in [5.74, 6) is -0.728. The van der Waals surface area contributed by atoms with Gasteiger partial charge < -0.3 is 15.0 Å². The highest BCUT2D eigenvalue weighted by atomic mass is 16.5. The van der Waals surface area contributed by atoms with E-state index in [4.69, 9.17) is 4.74 Å². The second-order valence-corrected chi connectivity index (χ2v) is 8.65. The van der Waals surface area contributed by atoms with Gasteiger partial charge in [0.2, 0.25) is 0 Å². The minimum Gasteiger partial charge on any atom is -0.378 e. The molecule has 1 aromatic rings. The zero-order valence-corrected chi connectivity index (χ0v) is 18.1. The molecule has 2 N–H and O–H groups in total. The summed E-state index contributed by atoms with van der Waals surface area (Å²) in [5, 5.41) is 3.67. The summed E-state index contributed by atoms with van der Waals surface area (Å²) in [7, 11) is 1.85. The third kappa shape index (κ3) is 4.67. The highest BCUT2D eigenvalue weighted by Crippen LogP contribution is 2.33. The number of hydrogen-bond acceptors (Lipinski definition) is 6. The predicted octanol–water partition coefficient (Wildman–Crippen LogP) is 1.24. The maximum Gasteiger partial charge on any atom is 0.344 e. The number of morpholine rings is 1. The molecule has 168 valence electrons. The topological polar surface area (TPSA) is 94.2 Å². The van der Waals surface area contributed by atoms with E-state index in [9.17, 15) is 14.4 Å². The van der Waals surface area contributed by atoms with Crippen molar-refractivity contribution in [2.24, 2.45) is 0 Å². The molecule has 1 aliphatic carbocycles. The third-order valence-electron chi connectivity index (χ3n) is 6.30. The highest BCUT2D eigenvalue weighted by Gasteiger charge is 2.52. The van der Waals surface area contributed by atoms with Gasteiger partial charge >= 0.3 is 6.03 Å². The lowest BCUT2D eigenvalue weighted by molar-refractivity contribution is -0.140. The Labute approximate surface area is 182 Å². The van der Waals surface area contributed by atoms with E-state index in [1.165, 1.54) is 0 Å². The van der Waals surface area contributed by atoms with Crippen LogP contribution in [-0.4, -0.2) is 73.2 Å². The first-order valence-electron chi connectivity index (χ1n) is 11.0. The zero-order valence-electron chi connectivity index (χ0n) is 18.1. The van der Waals surface area contributed by atoms with Gasteiger partial charge in [-0.15, -0.1) is 0 Å². The number of nitrogens with one attached hydrogen (secondary N) is 2. The van der Waals surface area contributed by atoms with Crippen molar-refractivity contribution >= 4 is 23.5 Å². The number of urea groups is 1. The van der Waals surface area contributed by atoms with Gasteiger partial charge in [-0.05, 0) is 31.5 Å². The molecule has 1 spiro atoms. The summed E-state index contributed by atoms with van der Waals surface area (Å²) in [6.45, 7) is 3.75. The fourth-order valence-electron chi connectivity index (χ4n) is 4.73. The summed E-state index contributed by atoms with van der Waals surface area (Å²) in [6, 6.07) is 7.61. The number of amides is 4. The molecule has 2 saturated heterocycles. The first-order valence-corrected chi connectivity index (χ1v) is 11.0. The van der Waals surface area contributed by atoms with Crippen molar-refractivity contribution in [3.05, 3.63) is 29.8 Å². The van der Waals surface area contributed by atoms with Crippen LogP contribution in [0.25, 0.3) is 0 Å². The fourth-order valence-corrected chi connectivity index (χ4v) is 4.73. The molecule has 0 unspecified atom stereocenters. The molecule has 4 rings (SSSR count).